The molecule has 4 heteroatoms. The standard InChI is InChI=1S/C13H23N3O/c1-4-9-14-11-15-10(17)13(16-11)7-5-12(2,3)6-8-13/h4-9H2,1-3H3,(H2,14,15,16,17). The van der Waals surface area contributed by atoms with Crippen molar-refractivity contribution >= 4 is 11.9 Å². The summed E-state index contributed by atoms with van der Waals surface area (Å²) in [5, 5.41) is 6.19. The van der Waals surface area contributed by atoms with Gasteiger partial charge in [-0.2, -0.15) is 0 Å². The third kappa shape index (κ3) is 2.45. The average molecular weight is 237 g/mol. The van der Waals surface area contributed by atoms with Crippen LogP contribution in [0.3, 0.4) is 0 Å². The van der Waals surface area contributed by atoms with Crippen molar-refractivity contribution in [3.63, 3.8) is 0 Å². The fourth-order valence-corrected chi connectivity index (χ4v) is 2.55. The summed E-state index contributed by atoms with van der Waals surface area (Å²) in [5.74, 6) is 0.791. The molecule has 2 aliphatic rings. The lowest BCUT2D eigenvalue weighted by Crippen LogP contribution is -2.50. The quantitative estimate of drug-likeness (QED) is 0.769. The highest BCUT2D eigenvalue weighted by Gasteiger charge is 2.48. The lowest BCUT2D eigenvalue weighted by atomic mass is 9.69. The van der Waals surface area contributed by atoms with Crippen molar-refractivity contribution < 1.29 is 4.79 Å². The number of hydrogen-bond donors (Lipinski definition) is 2. The van der Waals surface area contributed by atoms with Crippen LogP contribution in [-0.4, -0.2) is 24.0 Å². The first-order chi connectivity index (χ1) is 7.97. The number of aliphatic imine (C=N–C) groups is 1. The summed E-state index contributed by atoms with van der Waals surface area (Å²) < 4.78 is 0. The van der Waals surface area contributed by atoms with E-state index in [1.807, 2.05) is 0 Å². The number of guanidine groups is 1. The van der Waals surface area contributed by atoms with Crippen LogP contribution in [0.4, 0.5) is 0 Å². The minimum atomic E-state index is -0.373. The van der Waals surface area contributed by atoms with Crippen LogP contribution in [0.1, 0.15) is 52.9 Å². The Labute approximate surface area is 103 Å². The van der Waals surface area contributed by atoms with E-state index < -0.39 is 0 Å². The fourth-order valence-electron chi connectivity index (χ4n) is 2.55. The molecule has 1 saturated carbocycles. The third-order valence-corrected chi connectivity index (χ3v) is 3.97. The lowest BCUT2D eigenvalue weighted by Gasteiger charge is -2.39. The number of carbonyl (C=O) groups excluding carboxylic acids is 1. The Morgan fingerprint density at radius 3 is 2.47 bits per heavy atom. The van der Waals surface area contributed by atoms with E-state index in [9.17, 15) is 4.79 Å². The summed E-state index contributed by atoms with van der Waals surface area (Å²) in [6, 6.07) is 0. The molecule has 0 unspecified atom stereocenters. The van der Waals surface area contributed by atoms with Gasteiger partial charge in [-0.25, -0.2) is 0 Å². The number of rotatable bonds is 2. The highest BCUT2D eigenvalue weighted by molar-refractivity contribution is 6.09. The van der Waals surface area contributed by atoms with Crippen molar-refractivity contribution in [3.8, 4) is 0 Å². The molecule has 96 valence electrons. The number of nitrogens with zero attached hydrogens (tertiary/aromatic N) is 1. The van der Waals surface area contributed by atoms with Crippen LogP contribution in [-0.2, 0) is 4.79 Å². The van der Waals surface area contributed by atoms with Gasteiger partial charge in [0.1, 0.15) is 5.54 Å². The zero-order valence-corrected chi connectivity index (χ0v) is 11.1. The third-order valence-electron chi connectivity index (χ3n) is 3.97. The number of amides is 1. The average Bonchev–Trinajstić information content (AvgIpc) is 2.58. The molecular formula is C13H23N3O. The molecule has 0 bridgehead atoms. The smallest absolute Gasteiger partial charge is 0.252 e. The van der Waals surface area contributed by atoms with Gasteiger partial charge in [0.15, 0.2) is 5.96 Å². The van der Waals surface area contributed by atoms with Gasteiger partial charge in [0, 0.05) is 6.54 Å². The first-order valence-corrected chi connectivity index (χ1v) is 6.62. The summed E-state index contributed by atoms with van der Waals surface area (Å²) >= 11 is 0. The van der Waals surface area contributed by atoms with Gasteiger partial charge >= 0.3 is 0 Å². The normalized spacial score (nSPS) is 28.2. The fraction of sp³-hybridized carbons (Fsp3) is 0.846. The van der Waals surface area contributed by atoms with Crippen molar-refractivity contribution in [2.24, 2.45) is 10.4 Å². The maximum Gasteiger partial charge on any atom is 0.252 e. The van der Waals surface area contributed by atoms with Gasteiger partial charge in [-0.3, -0.25) is 15.1 Å². The monoisotopic (exact) mass is 237 g/mol. The summed E-state index contributed by atoms with van der Waals surface area (Å²) in [7, 11) is 0. The molecular weight excluding hydrogens is 214 g/mol. The van der Waals surface area contributed by atoms with Gasteiger partial charge in [-0.1, -0.05) is 20.8 Å². The molecule has 0 aromatic heterocycles. The molecule has 1 saturated heterocycles. The molecule has 0 aromatic carbocycles. The second kappa shape index (κ2) is 4.31. The van der Waals surface area contributed by atoms with E-state index >= 15 is 0 Å². The van der Waals surface area contributed by atoms with Gasteiger partial charge in [0.2, 0.25) is 0 Å². The Balaban J connectivity index is 2.05. The molecule has 1 heterocycles. The molecule has 1 aliphatic carbocycles. The molecule has 1 spiro atoms. The van der Waals surface area contributed by atoms with E-state index in [0.717, 1.165) is 38.6 Å². The van der Waals surface area contributed by atoms with E-state index in [1.165, 1.54) is 0 Å². The van der Waals surface area contributed by atoms with Crippen LogP contribution < -0.4 is 10.6 Å². The predicted octanol–water partition coefficient (Wildman–Crippen LogP) is 1.81. The summed E-state index contributed by atoms with van der Waals surface area (Å²) in [6.45, 7) is 7.40. The second-order valence-electron chi connectivity index (χ2n) is 6.06. The molecule has 17 heavy (non-hydrogen) atoms. The summed E-state index contributed by atoms with van der Waals surface area (Å²) in [6.07, 6.45) is 5.01. The molecule has 0 aromatic rings. The van der Waals surface area contributed by atoms with Crippen LogP contribution in [0.5, 0.6) is 0 Å². The van der Waals surface area contributed by atoms with Gasteiger partial charge in [0.25, 0.3) is 5.91 Å². The van der Waals surface area contributed by atoms with Crippen LogP contribution >= 0.6 is 0 Å². The second-order valence-corrected chi connectivity index (χ2v) is 6.06. The largest absolute Gasteiger partial charge is 0.342 e. The predicted molar refractivity (Wildman–Crippen MR) is 68.9 cm³/mol. The van der Waals surface area contributed by atoms with E-state index in [-0.39, 0.29) is 11.4 Å². The molecule has 1 aliphatic heterocycles. The van der Waals surface area contributed by atoms with E-state index in [1.54, 1.807) is 0 Å². The Morgan fingerprint density at radius 1 is 1.24 bits per heavy atom. The summed E-state index contributed by atoms with van der Waals surface area (Å²) in [4.78, 5) is 16.4. The highest BCUT2D eigenvalue weighted by Crippen LogP contribution is 2.41. The lowest BCUT2D eigenvalue weighted by molar-refractivity contribution is -0.125. The van der Waals surface area contributed by atoms with Crippen molar-refractivity contribution in [1.82, 2.24) is 10.6 Å². The van der Waals surface area contributed by atoms with Gasteiger partial charge in [-0.05, 0) is 37.5 Å². The van der Waals surface area contributed by atoms with E-state index in [4.69, 9.17) is 0 Å². The number of carbonyl (C=O) groups is 1. The Hall–Kier alpha value is -1.06. The Morgan fingerprint density at radius 2 is 1.88 bits per heavy atom. The van der Waals surface area contributed by atoms with Crippen molar-refractivity contribution in [1.29, 1.82) is 0 Å². The van der Waals surface area contributed by atoms with Crippen LogP contribution in [0.15, 0.2) is 4.99 Å². The molecule has 2 N–H and O–H groups in total. The van der Waals surface area contributed by atoms with Crippen LogP contribution in [0.2, 0.25) is 0 Å². The van der Waals surface area contributed by atoms with Gasteiger partial charge in [0.05, 0.1) is 0 Å². The van der Waals surface area contributed by atoms with Crippen LogP contribution in [0.25, 0.3) is 0 Å². The number of nitrogens with one attached hydrogen (secondary N) is 2. The first kappa shape index (κ1) is 12.4. The van der Waals surface area contributed by atoms with Crippen LogP contribution in [0, 0.1) is 5.41 Å². The van der Waals surface area contributed by atoms with E-state index in [2.05, 4.69) is 36.4 Å². The highest BCUT2D eigenvalue weighted by atomic mass is 16.2. The number of hydrogen-bond acceptors (Lipinski definition) is 2. The van der Waals surface area contributed by atoms with Gasteiger partial charge < -0.3 is 5.32 Å². The maximum atomic E-state index is 12.1. The minimum absolute atomic E-state index is 0.114. The van der Waals surface area contributed by atoms with Gasteiger partial charge in [-0.15, -0.1) is 0 Å². The maximum absolute atomic E-state index is 12.1. The summed E-state index contributed by atoms with van der Waals surface area (Å²) in [5.41, 5.74) is -0.00137. The topological polar surface area (TPSA) is 53.5 Å². The molecule has 4 nitrogen and oxygen atoms in total. The zero-order chi connectivity index (χ0) is 12.5. The minimum Gasteiger partial charge on any atom is -0.342 e. The molecule has 0 radical (unpaired) electrons. The SMILES string of the molecule is CCCN=C1NC(=O)C2(CCC(C)(C)CC2)N1. The first-order valence-electron chi connectivity index (χ1n) is 6.62. The van der Waals surface area contributed by atoms with Crippen molar-refractivity contribution in [3.05, 3.63) is 0 Å². The molecule has 2 rings (SSSR count). The molecule has 1 amide bonds. The zero-order valence-electron chi connectivity index (χ0n) is 11.1. The van der Waals surface area contributed by atoms with E-state index in [0.29, 0.717) is 11.4 Å². The molecule has 0 atom stereocenters. The van der Waals surface area contributed by atoms with Crippen molar-refractivity contribution in [2.45, 2.75) is 58.4 Å². The Bertz CT molecular complexity index is 337. The Kier molecular flexibility index (Phi) is 3.15. The van der Waals surface area contributed by atoms with Crippen molar-refractivity contribution in [2.75, 3.05) is 6.54 Å². The molecule has 2 fully saturated rings.